The minimum Gasteiger partial charge on any atom is -0.205 e. The summed E-state index contributed by atoms with van der Waals surface area (Å²) in [6.45, 7) is 0. The topological polar surface area (TPSA) is 0 Å². The average Bonchev–Trinajstić information content (AvgIpc) is 1.98. The highest BCUT2D eigenvalue weighted by atomic mass is 127. The predicted molar refractivity (Wildman–Crippen MR) is 49.1 cm³/mol. The molecule has 72 valence electrons. The van der Waals surface area contributed by atoms with Gasteiger partial charge in [-0.2, -0.15) is 13.2 Å². The quantitative estimate of drug-likeness (QED) is 0.383. The molecule has 0 fully saturated rings. The Kier molecular flexibility index (Phi) is 3.06. The second-order valence-electron chi connectivity index (χ2n) is 2.22. The first-order valence-electron chi connectivity index (χ1n) is 3.04. The number of alkyl halides is 3. The van der Waals surface area contributed by atoms with Crippen LogP contribution in [0.4, 0.5) is 17.6 Å². The fraction of sp³-hybridized carbons (Fsp3) is 0.143. The van der Waals surface area contributed by atoms with Crippen molar-refractivity contribution in [3.05, 3.63) is 32.1 Å². The summed E-state index contributed by atoms with van der Waals surface area (Å²) in [6, 6.07) is 1.79. The van der Waals surface area contributed by atoms with E-state index in [1.807, 2.05) is 0 Å². The molecule has 0 aromatic heterocycles. The van der Waals surface area contributed by atoms with E-state index in [4.69, 9.17) is 11.6 Å². The fourth-order valence-electron chi connectivity index (χ4n) is 0.745. The Bertz CT molecular complexity index is 334. The molecular formula is C7H2ClF4I. The molecule has 0 heterocycles. The average molecular weight is 324 g/mol. The SMILES string of the molecule is Fc1c(C(F)(F)F)ccc(I)c1Cl. The minimum absolute atomic E-state index is 0.254. The molecule has 0 aliphatic heterocycles. The molecule has 1 rings (SSSR count). The molecule has 0 spiro atoms. The molecule has 0 unspecified atom stereocenters. The van der Waals surface area contributed by atoms with Crippen LogP contribution in [0.3, 0.4) is 0 Å². The lowest BCUT2D eigenvalue weighted by molar-refractivity contribution is -0.140. The molecule has 1 aromatic rings. The van der Waals surface area contributed by atoms with Crippen LogP contribution in [-0.4, -0.2) is 0 Å². The molecule has 0 aliphatic carbocycles. The largest absolute Gasteiger partial charge is 0.419 e. The first kappa shape index (κ1) is 11.0. The number of hydrogen-bond donors (Lipinski definition) is 0. The third-order valence-corrected chi connectivity index (χ3v) is 2.93. The van der Waals surface area contributed by atoms with Crippen molar-refractivity contribution in [2.24, 2.45) is 0 Å². The number of hydrogen-bond acceptors (Lipinski definition) is 0. The van der Waals surface area contributed by atoms with Crippen molar-refractivity contribution < 1.29 is 17.6 Å². The predicted octanol–water partition coefficient (Wildman–Crippen LogP) is 4.10. The van der Waals surface area contributed by atoms with Crippen LogP contribution in [0.5, 0.6) is 0 Å². The van der Waals surface area contributed by atoms with Gasteiger partial charge in [0.2, 0.25) is 0 Å². The number of benzene rings is 1. The van der Waals surface area contributed by atoms with Gasteiger partial charge in [-0.05, 0) is 34.7 Å². The van der Waals surface area contributed by atoms with Gasteiger partial charge in [0, 0.05) is 3.57 Å². The molecule has 0 saturated heterocycles. The highest BCUT2D eigenvalue weighted by Gasteiger charge is 2.35. The molecule has 0 N–H and O–H groups in total. The Balaban J connectivity index is 3.35. The van der Waals surface area contributed by atoms with Crippen LogP contribution < -0.4 is 0 Å². The van der Waals surface area contributed by atoms with Crippen molar-refractivity contribution >= 4 is 34.2 Å². The van der Waals surface area contributed by atoms with E-state index in [2.05, 4.69) is 0 Å². The summed E-state index contributed by atoms with van der Waals surface area (Å²) in [4.78, 5) is 0. The van der Waals surface area contributed by atoms with Crippen LogP contribution in [0, 0.1) is 9.39 Å². The first-order chi connectivity index (χ1) is 5.84. The third-order valence-electron chi connectivity index (χ3n) is 1.34. The molecule has 0 amide bonds. The van der Waals surface area contributed by atoms with E-state index < -0.39 is 22.6 Å². The zero-order valence-corrected chi connectivity index (χ0v) is 8.84. The van der Waals surface area contributed by atoms with Crippen molar-refractivity contribution in [2.75, 3.05) is 0 Å². The van der Waals surface area contributed by atoms with Gasteiger partial charge in [-0.1, -0.05) is 11.6 Å². The van der Waals surface area contributed by atoms with Crippen molar-refractivity contribution in [3.8, 4) is 0 Å². The molecule has 6 heteroatoms. The van der Waals surface area contributed by atoms with Gasteiger partial charge >= 0.3 is 6.18 Å². The standard InChI is InChI=1S/C7H2ClF4I/c8-5-4(13)2-1-3(6(5)9)7(10,11)12/h1-2H. The molecule has 1 aromatic carbocycles. The van der Waals surface area contributed by atoms with Crippen molar-refractivity contribution in [1.29, 1.82) is 0 Å². The van der Waals surface area contributed by atoms with Gasteiger partial charge < -0.3 is 0 Å². The first-order valence-corrected chi connectivity index (χ1v) is 4.50. The Morgan fingerprint density at radius 1 is 1.23 bits per heavy atom. The molecule has 0 atom stereocenters. The summed E-state index contributed by atoms with van der Waals surface area (Å²) in [6.07, 6.45) is -4.70. The molecule has 13 heavy (non-hydrogen) atoms. The van der Waals surface area contributed by atoms with E-state index in [0.29, 0.717) is 6.07 Å². The van der Waals surface area contributed by atoms with E-state index >= 15 is 0 Å². The maximum Gasteiger partial charge on any atom is 0.419 e. The van der Waals surface area contributed by atoms with Gasteiger partial charge in [0.15, 0.2) is 5.82 Å². The Hall–Kier alpha value is -0.0400. The normalized spacial score (nSPS) is 11.8. The van der Waals surface area contributed by atoms with Gasteiger partial charge in [-0.15, -0.1) is 0 Å². The van der Waals surface area contributed by atoms with Gasteiger partial charge in [0.25, 0.3) is 0 Å². The molecular weight excluding hydrogens is 322 g/mol. The van der Waals surface area contributed by atoms with Gasteiger partial charge in [0.1, 0.15) is 0 Å². The summed E-state index contributed by atoms with van der Waals surface area (Å²) >= 11 is 6.96. The van der Waals surface area contributed by atoms with Gasteiger partial charge in [0.05, 0.1) is 10.6 Å². The Labute approximate surface area is 90.0 Å². The summed E-state index contributed by atoms with van der Waals surface area (Å²) in [5, 5.41) is -0.490. The number of rotatable bonds is 0. The monoisotopic (exact) mass is 324 g/mol. The molecule has 0 saturated carbocycles. The number of halogens is 6. The second kappa shape index (κ2) is 3.61. The highest BCUT2D eigenvalue weighted by Crippen LogP contribution is 2.35. The van der Waals surface area contributed by atoms with Gasteiger partial charge in [-0.3, -0.25) is 0 Å². The van der Waals surface area contributed by atoms with Crippen LogP contribution in [-0.2, 0) is 6.18 Å². The fourth-order valence-corrected chi connectivity index (χ4v) is 1.33. The van der Waals surface area contributed by atoms with Crippen LogP contribution >= 0.6 is 34.2 Å². The molecule has 0 nitrogen and oxygen atoms in total. The lowest BCUT2D eigenvalue weighted by atomic mass is 10.2. The van der Waals surface area contributed by atoms with Crippen molar-refractivity contribution in [3.63, 3.8) is 0 Å². The van der Waals surface area contributed by atoms with Crippen LogP contribution in [0.1, 0.15) is 5.56 Å². The van der Waals surface area contributed by atoms with E-state index in [9.17, 15) is 17.6 Å². The maximum absolute atomic E-state index is 12.9. The lowest BCUT2D eigenvalue weighted by Gasteiger charge is -2.09. The van der Waals surface area contributed by atoms with E-state index in [1.54, 1.807) is 22.6 Å². The van der Waals surface area contributed by atoms with Crippen LogP contribution in [0.25, 0.3) is 0 Å². The maximum atomic E-state index is 12.9. The zero-order valence-electron chi connectivity index (χ0n) is 5.92. The molecule has 0 aliphatic rings. The zero-order chi connectivity index (χ0) is 10.2. The van der Waals surface area contributed by atoms with Crippen molar-refractivity contribution in [1.82, 2.24) is 0 Å². The van der Waals surface area contributed by atoms with Crippen molar-refractivity contribution in [2.45, 2.75) is 6.18 Å². The third kappa shape index (κ3) is 2.25. The van der Waals surface area contributed by atoms with E-state index in [-0.39, 0.29) is 3.57 Å². The summed E-state index contributed by atoms with van der Waals surface area (Å²) in [5.41, 5.74) is -1.34. The van der Waals surface area contributed by atoms with E-state index in [1.165, 1.54) is 0 Å². The summed E-state index contributed by atoms with van der Waals surface area (Å²) < 4.78 is 49.3. The van der Waals surface area contributed by atoms with Crippen LogP contribution in [0.15, 0.2) is 12.1 Å². The lowest BCUT2D eigenvalue weighted by Crippen LogP contribution is -2.08. The Morgan fingerprint density at radius 2 is 1.77 bits per heavy atom. The second-order valence-corrected chi connectivity index (χ2v) is 3.76. The van der Waals surface area contributed by atoms with E-state index in [0.717, 1.165) is 6.07 Å². The molecule has 0 radical (unpaired) electrons. The summed E-state index contributed by atoms with van der Waals surface area (Å²) in [5.74, 6) is -1.42. The summed E-state index contributed by atoms with van der Waals surface area (Å²) in [7, 11) is 0. The Morgan fingerprint density at radius 3 is 2.23 bits per heavy atom. The smallest absolute Gasteiger partial charge is 0.205 e. The molecule has 0 bridgehead atoms. The van der Waals surface area contributed by atoms with Gasteiger partial charge in [-0.25, -0.2) is 4.39 Å². The van der Waals surface area contributed by atoms with Crippen LogP contribution in [0.2, 0.25) is 5.02 Å². The minimum atomic E-state index is -4.70. The highest BCUT2D eigenvalue weighted by molar-refractivity contribution is 14.1.